The van der Waals surface area contributed by atoms with Crippen LogP contribution in [-0.2, 0) is 4.79 Å². The van der Waals surface area contributed by atoms with Crippen molar-refractivity contribution in [1.82, 2.24) is 10.4 Å². The van der Waals surface area contributed by atoms with Gasteiger partial charge in [0.05, 0.1) is 6.20 Å². The molecule has 0 radical (unpaired) electrons. The molecule has 0 bridgehead atoms. The van der Waals surface area contributed by atoms with E-state index < -0.39 is 5.60 Å². The second-order valence-corrected chi connectivity index (χ2v) is 4.77. The number of carbonyl (C=O) groups is 1. The number of hydrazine groups is 1. The van der Waals surface area contributed by atoms with E-state index in [9.17, 15) is 4.79 Å². The molecular weight excluding hydrogens is 230 g/mol. The molecule has 5 heteroatoms. The molecule has 0 atom stereocenters. The summed E-state index contributed by atoms with van der Waals surface area (Å²) < 4.78 is 5.90. The van der Waals surface area contributed by atoms with Crippen LogP contribution >= 0.6 is 0 Å². The maximum atomic E-state index is 12.0. The number of pyridine rings is 1. The number of nitrogens with zero attached hydrogens (tertiary/aromatic N) is 1. The molecule has 1 saturated carbocycles. The lowest BCUT2D eigenvalue weighted by Gasteiger charge is -2.35. The van der Waals surface area contributed by atoms with Gasteiger partial charge in [-0.15, -0.1) is 0 Å². The Hall–Kier alpha value is -1.62. The minimum Gasteiger partial charge on any atom is -0.476 e. The molecule has 2 rings (SSSR count). The first-order valence-corrected chi connectivity index (χ1v) is 6.29. The number of carbonyl (C=O) groups excluding carboxylic acids is 1. The Kier molecular flexibility index (Phi) is 3.81. The first-order valence-electron chi connectivity index (χ1n) is 6.29. The highest BCUT2D eigenvalue weighted by Gasteiger charge is 2.41. The summed E-state index contributed by atoms with van der Waals surface area (Å²) in [5.41, 5.74) is 2.31. The molecule has 18 heavy (non-hydrogen) atoms. The first kappa shape index (κ1) is 12.8. The van der Waals surface area contributed by atoms with Crippen LogP contribution in [0.5, 0.6) is 5.75 Å². The van der Waals surface area contributed by atoms with Crippen LogP contribution in [0.2, 0.25) is 0 Å². The number of aryl methyl sites for hydroxylation is 1. The molecule has 1 amide bonds. The van der Waals surface area contributed by atoms with Gasteiger partial charge in [0.2, 0.25) is 0 Å². The van der Waals surface area contributed by atoms with Crippen LogP contribution in [0.25, 0.3) is 0 Å². The molecule has 5 nitrogen and oxygen atoms in total. The van der Waals surface area contributed by atoms with Gasteiger partial charge in [-0.2, -0.15) is 0 Å². The van der Waals surface area contributed by atoms with Crippen molar-refractivity contribution in [3.05, 3.63) is 24.0 Å². The summed E-state index contributed by atoms with van der Waals surface area (Å²) >= 11 is 0. The summed E-state index contributed by atoms with van der Waals surface area (Å²) in [6.45, 7) is 1.91. The highest BCUT2D eigenvalue weighted by Crippen LogP contribution is 2.33. The number of aromatic nitrogens is 1. The lowest BCUT2D eigenvalue weighted by atomic mass is 9.84. The minimum atomic E-state index is -0.829. The number of nitrogens with one attached hydrogen (secondary N) is 1. The lowest BCUT2D eigenvalue weighted by molar-refractivity contribution is -0.139. The summed E-state index contributed by atoms with van der Waals surface area (Å²) in [6, 6.07) is 3.70. The summed E-state index contributed by atoms with van der Waals surface area (Å²) in [7, 11) is 0. The Morgan fingerprint density at radius 2 is 2.11 bits per heavy atom. The number of ether oxygens (including phenoxy) is 1. The topological polar surface area (TPSA) is 77.2 Å². The van der Waals surface area contributed by atoms with Crippen LogP contribution in [-0.4, -0.2) is 16.5 Å². The van der Waals surface area contributed by atoms with Gasteiger partial charge < -0.3 is 4.74 Å². The smallest absolute Gasteiger partial charge is 0.278 e. The van der Waals surface area contributed by atoms with Crippen LogP contribution in [0.1, 0.15) is 37.8 Å². The maximum Gasteiger partial charge on any atom is 0.278 e. The van der Waals surface area contributed by atoms with E-state index in [1.807, 2.05) is 19.1 Å². The molecule has 1 aliphatic rings. The van der Waals surface area contributed by atoms with Gasteiger partial charge in [0.15, 0.2) is 5.60 Å². The Labute approximate surface area is 107 Å². The zero-order chi connectivity index (χ0) is 13.0. The molecule has 98 valence electrons. The molecular formula is C13H19N3O2. The molecule has 0 saturated heterocycles. The summed E-state index contributed by atoms with van der Waals surface area (Å²) in [5, 5.41) is 0. The average Bonchev–Trinajstić information content (AvgIpc) is 2.41. The van der Waals surface area contributed by atoms with Crippen LogP contribution in [0.4, 0.5) is 0 Å². The van der Waals surface area contributed by atoms with Gasteiger partial charge in [0.1, 0.15) is 5.75 Å². The third-order valence-corrected chi connectivity index (χ3v) is 3.40. The van der Waals surface area contributed by atoms with E-state index in [-0.39, 0.29) is 5.91 Å². The summed E-state index contributed by atoms with van der Waals surface area (Å²) in [5.74, 6) is 5.64. The quantitative estimate of drug-likeness (QED) is 0.483. The predicted octanol–water partition coefficient (Wildman–Crippen LogP) is 1.46. The fraction of sp³-hybridized carbons (Fsp3) is 0.538. The van der Waals surface area contributed by atoms with Crippen molar-refractivity contribution >= 4 is 5.91 Å². The largest absolute Gasteiger partial charge is 0.476 e. The van der Waals surface area contributed by atoms with Gasteiger partial charge in [0.25, 0.3) is 5.91 Å². The Morgan fingerprint density at radius 1 is 1.39 bits per heavy atom. The fourth-order valence-electron chi connectivity index (χ4n) is 2.37. The lowest BCUT2D eigenvalue weighted by Crippen LogP contribution is -2.54. The Balaban J connectivity index is 2.19. The molecule has 0 aliphatic heterocycles. The van der Waals surface area contributed by atoms with Gasteiger partial charge in [-0.25, -0.2) is 5.84 Å². The van der Waals surface area contributed by atoms with Crippen LogP contribution < -0.4 is 16.0 Å². The standard InChI is InChI=1S/C13H19N3O2/c1-10-5-6-11(9-15-10)18-13(12(17)16-14)7-3-2-4-8-13/h5-6,9H,2-4,7-8,14H2,1H3,(H,16,17). The van der Waals surface area contributed by atoms with E-state index in [0.717, 1.165) is 25.0 Å². The second kappa shape index (κ2) is 5.35. The predicted molar refractivity (Wildman–Crippen MR) is 67.7 cm³/mol. The summed E-state index contributed by atoms with van der Waals surface area (Å²) in [4.78, 5) is 16.2. The normalized spacial score (nSPS) is 18.1. The Bertz CT molecular complexity index is 411. The van der Waals surface area contributed by atoms with Crippen LogP contribution in [0.15, 0.2) is 18.3 Å². The van der Waals surface area contributed by atoms with Gasteiger partial charge in [-0.3, -0.25) is 15.2 Å². The number of hydrogen-bond acceptors (Lipinski definition) is 4. The molecule has 1 heterocycles. The molecule has 1 fully saturated rings. The number of rotatable bonds is 3. The van der Waals surface area contributed by atoms with Crippen LogP contribution in [0, 0.1) is 6.92 Å². The van der Waals surface area contributed by atoms with Gasteiger partial charge >= 0.3 is 0 Å². The van der Waals surface area contributed by atoms with Crippen molar-refractivity contribution in [1.29, 1.82) is 0 Å². The van der Waals surface area contributed by atoms with Gasteiger partial charge in [-0.1, -0.05) is 6.42 Å². The average molecular weight is 249 g/mol. The van der Waals surface area contributed by atoms with Crippen molar-refractivity contribution < 1.29 is 9.53 Å². The number of hydrogen-bond donors (Lipinski definition) is 2. The maximum absolute atomic E-state index is 12.0. The van der Waals surface area contributed by atoms with Crippen molar-refractivity contribution in [3.63, 3.8) is 0 Å². The third-order valence-electron chi connectivity index (χ3n) is 3.40. The molecule has 0 unspecified atom stereocenters. The van der Waals surface area contributed by atoms with Crippen molar-refractivity contribution in [2.75, 3.05) is 0 Å². The molecule has 1 aromatic rings. The second-order valence-electron chi connectivity index (χ2n) is 4.77. The first-order chi connectivity index (χ1) is 8.66. The molecule has 1 aromatic heterocycles. The molecule has 0 aromatic carbocycles. The van der Waals surface area contributed by atoms with E-state index in [0.29, 0.717) is 18.6 Å². The molecule has 3 N–H and O–H groups in total. The highest BCUT2D eigenvalue weighted by atomic mass is 16.5. The zero-order valence-corrected chi connectivity index (χ0v) is 10.6. The number of nitrogens with two attached hydrogens (primary N) is 1. The highest BCUT2D eigenvalue weighted by molar-refractivity contribution is 5.85. The van der Waals surface area contributed by atoms with Crippen LogP contribution in [0.3, 0.4) is 0 Å². The van der Waals surface area contributed by atoms with Crippen molar-refractivity contribution in [3.8, 4) is 5.75 Å². The van der Waals surface area contributed by atoms with E-state index in [4.69, 9.17) is 10.6 Å². The molecule has 1 aliphatic carbocycles. The van der Waals surface area contributed by atoms with E-state index >= 15 is 0 Å². The van der Waals surface area contributed by atoms with Crippen molar-refractivity contribution in [2.45, 2.75) is 44.6 Å². The minimum absolute atomic E-state index is 0.247. The van der Waals surface area contributed by atoms with E-state index in [1.54, 1.807) is 6.20 Å². The fourth-order valence-corrected chi connectivity index (χ4v) is 2.37. The van der Waals surface area contributed by atoms with E-state index in [2.05, 4.69) is 10.4 Å². The van der Waals surface area contributed by atoms with E-state index in [1.165, 1.54) is 0 Å². The third kappa shape index (κ3) is 2.61. The molecule has 0 spiro atoms. The van der Waals surface area contributed by atoms with Crippen molar-refractivity contribution in [2.24, 2.45) is 5.84 Å². The Morgan fingerprint density at radius 3 is 2.67 bits per heavy atom. The monoisotopic (exact) mass is 249 g/mol. The SMILES string of the molecule is Cc1ccc(OC2(C(=O)NN)CCCCC2)cn1. The summed E-state index contributed by atoms with van der Waals surface area (Å²) in [6.07, 6.45) is 6.14. The van der Waals surface area contributed by atoms with Gasteiger partial charge in [0, 0.05) is 5.69 Å². The number of amides is 1. The van der Waals surface area contributed by atoms with Gasteiger partial charge in [-0.05, 0) is 44.7 Å². The zero-order valence-electron chi connectivity index (χ0n) is 10.6.